The minimum Gasteiger partial charge on any atom is -0.493 e. The van der Waals surface area contributed by atoms with Gasteiger partial charge in [-0.05, 0) is 38.4 Å². The van der Waals surface area contributed by atoms with Crippen LogP contribution in [0.1, 0.15) is 54.9 Å². The maximum absolute atomic E-state index is 13.1. The van der Waals surface area contributed by atoms with Crippen LogP contribution in [0.3, 0.4) is 0 Å². The molecule has 1 aliphatic carbocycles. The van der Waals surface area contributed by atoms with E-state index in [0.717, 1.165) is 5.56 Å². The maximum atomic E-state index is 13.1. The zero-order valence-corrected chi connectivity index (χ0v) is 18.9. The van der Waals surface area contributed by atoms with Gasteiger partial charge in [0.2, 0.25) is 0 Å². The van der Waals surface area contributed by atoms with Crippen molar-refractivity contribution in [2.24, 2.45) is 0 Å². The predicted octanol–water partition coefficient (Wildman–Crippen LogP) is 5.02. The van der Waals surface area contributed by atoms with E-state index in [1.807, 2.05) is 24.3 Å². The molecule has 0 bridgehead atoms. The highest BCUT2D eigenvalue weighted by atomic mass is 16.6. The second kappa shape index (κ2) is 10.9. The number of amides is 1. The Labute approximate surface area is 188 Å². The third kappa shape index (κ3) is 5.56. The monoisotopic (exact) mass is 441 g/mol. The molecular weight excluding hydrogens is 410 g/mol. The molecule has 0 spiro atoms. The molecule has 3 rings (SSSR count). The largest absolute Gasteiger partial charge is 0.493 e. The Kier molecular flexibility index (Phi) is 8.05. The Balaban J connectivity index is 1.85. The van der Waals surface area contributed by atoms with E-state index < -0.39 is 10.8 Å². The summed E-state index contributed by atoms with van der Waals surface area (Å²) in [5.74, 6) is -0.0634. The van der Waals surface area contributed by atoms with Crippen molar-refractivity contribution < 1.29 is 19.2 Å². The van der Waals surface area contributed by atoms with Crippen molar-refractivity contribution in [3.05, 3.63) is 57.6 Å². The second-order valence-corrected chi connectivity index (χ2v) is 8.03. The Morgan fingerprint density at radius 3 is 2.56 bits per heavy atom. The average molecular weight is 442 g/mol. The third-order valence-corrected chi connectivity index (χ3v) is 5.91. The molecule has 0 saturated heterocycles. The number of nitro benzene ring substituents is 1. The van der Waals surface area contributed by atoms with Gasteiger partial charge in [-0.3, -0.25) is 19.8 Å². The van der Waals surface area contributed by atoms with Gasteiger partial charge in [0.05, 0.1) is 24.7 Å². The summed E-state index contributed by atoms with van der Waals surface area (Å²) in [4.78, 5) is 26.5. The zero-order chi connectivity index (χ0) is 23.1. The second-order valence-electron chi connectivity index (χ2n) is 8.03. The lowest BCUT2D eigenvalue weighted by molar-refractivity contribution is -0.385. The Bertz CT molecular complexity index is 957. The topological polar surface area (TPSA) is 93.9 Å². The summed E-state index contributed by atoms with van der Waals surface area (Å²) in [6, 6.07) is 10.7. The molecule has 0 atom stereocenters. The molecule has 0 radical (unpaired) electrons. The summed E-state index contributed by atoms with van der Waals surface area (Å²) < 4.78 is 10.7. The summed E-state index contributed by atoms with van der Waals surface area (Å²) in [6.07, 6.45) is 6.15. The fourth-order valence-corrected chi connectivity index (χ4v) is 4.20. The number of carbonyl (C=O) groups excluding carboxylic acids is 1. The molecule has 2 aromatic rings. The van der Waals surface area contributed by atoms with Crippen LogP contribution in [-0.2, 0) is 6.54 Å². The molecule has 0 aromatic heterocycles. The van der Waals surface area contributed by atoms with Gasteiger partial charge in [-0.25, -0.2) is 0 Å². The van der Waals surface area contributed by atoms with Gasteiger partial charge in [-0.2, -0.15) is 0 Å². The fraction of sp³-hybridized carbons (Fsp3) is 0.458. The molecule has 172 valence electrons. The van der Waals surface area contributed by atoms with Gasteiger partial charge < -0.3 is 14.8 Å². The van der Waals surface area contributed by atoms with E-state index in [4.69, 9.17) is 9.47 Å². The van der Waals surface area contributed by atoms with Gasteiger partial charge in [0.1, 0.15) is 5.56 Å². The van der Waals surface area contributed by atoms with Gasteiger partial charge >= 0.3 is 0 Å². The van der Waals surface area contributed by atoms with Gasteiger partial charge in [0.25, 0.3) is 11.6 Å². The van der Waals surface area contributed by atoms with Crippen molar-refractivity contribution in [3.8, 4) is 11.5 Å². The summed E-state index contributed by atoms with van der Waals surface area (Å²) in [5.41, 5.74) is 1.20. The average Bonchev–Trinajstić information content (AvgIpc) is 2.80. The molecular formula is C24H31N3O5. The minimum atomic E-state index is -0.584. The van der Waals surface area contributed by atoms with Crippen molar-refractivity contribution in [1.82, 2.24) is 4.90 Å². The molecule has 1 saturated carbocycles. The Morgan fingerprint density at radius 1 is 1.19 bits per heavy atom. The standard InChI is InChI=1S/C24H31N3O5/c1-4-32-23-15-21(27(29)30)19(14-22(23)31-3)24(28)25-20-13-9-8-10-17(20)16-26(2)18-11-6-5-7-12-18/h8-10,13-15,18H,4-7,11-12,16H2,1-3H3,(H,25,28). The molecule has 8 nitrogen and oxygen atoms in total. The molecule has 1 N–H and O–H groups in total. The molecule has 0 heterocycles. The number of nitrogens with one attached hydrogen (secondary N) is 1. The Morgan fingerprint density at radius 2 is 1.91 bits per heavy atom. The summed E-state index contributed by atoms with van der Waals surface area (Å²) in [7, 11) is 3.54. The first kappa shape index (κ1) is 23.5. The lowest BCUT2D eigenvalue weighted by Gasteiger charge is -2.31. The van der Waals surface area contributed by atoms with Crippen molar-refractivity contribution in [1.29, 1.82) is 0 Å². The minimum absolute atomic E-state index is 0.0780. The van der Waals surface area contributed by atoms with Crippen molar-refractivity contribution in [2.75, 3.05) is 26.1 Å². The van der Waals surface area contributed by atoms with Crippen LogP contribution in [-0.4, -0.2) is 42.5 Å². The highest BCUT2D eigenvalue weighted by Crippen LogP contribution is 2.35. The van der Waals surface area contributed by atoms with E-state index in [0.29, 0.717) is 24.9 Å². The van der Waals surface area contributed by atoms with E-state index in [-0.39, 0.29) is 22.7 Å². The van der Waals surface area contributed by atoms with Gasteiger partial charge in [0.15, 0.2) is 11.5 Å². The van der Waals surface area contributed by atoms with Crippen LogP contribution in [0.5, 0.6) is 11.5 Å². The molecule has 1 aliphatic rings. The Hall–Kier alpha value is -3.13. The van der Waals surface area contributed by atoms with Crippen LogP contribution in [0.15, 0.2) is 36.4 Å². The van der Waals surface area contributed by atoms with Crippen molar-refractivity contribution in [2.45, 2.75) is 51.6 Å². The first-order valence-electron chi connectivity index (χ1n) is 11.0. The molecule has 0 aliphatic heterocycles. The first-order valence-corrected chi connectivity index (χ1v) is 11.0. The lowest BCUT2D eigenvalue weighted by Crippen LogP contribution is -2.33. The SMILES string of the molecule is CCOc1cc([N+](=O)[O-])c(C(=O)Nc2ccccc2CN(C)C2CCCCC2)cc1OC. The number of hydrogen-bond acceptors (Lipinski definition) is 6. The normalized spacial score (nSPS) is 14.2. The number of nitrogens with zero attached hydrogens (tertiary/aromatic N) is 2. The molecule has 1 amide bonds. The van der Waals surface area contributed by atoms with E-state index in [9.17, 15) is 14.9 Å². The summed E-state index contributed by atoms with van der Waals surface area (Å²) in [5, 5.41) is 14.5. The van der Waals surface area contributed by atoms with Gasteiger partial charge in [-0.15, -0.1) is 0 Å². The van der Waals surface area contributed by atoms with Crippen LogP contribution >= 0.6 is 0 Å². The number of para-hydroxylation sites is 1. The number of anilines is 1. The first-order chi connectivity index (χ1) is 15.4. The fourth-order valence-electron chi connectivity index (χ4n) is 4.20. The van der Waals surface area contributed by atoms with Crippen molar-refractivity contribution >= 4 is 17.3 Å². The number of rotatable bonds is 9. The summed E-state index contributed by atoms with van der Waals surface area (Å²) >= 11 is 0. The number of hydrogen-bond donors (Lipinski definition) is 1. The van der Waals surface area contributed by atoms with E-state index in [1.165, 1.54) is 51.3 Å². The molecule has 32 heavy (non-hydrogen) atoms. The van der Waals surface area contributed by atoms with E-state index in [2.05, 4.69) is 17.3 Å². The maximum Gasteiger partial charge on any atom is 0.286 e. The van der Waals surface area contributed by atoms with Crippen LogP contribution < -0.4 is 14.8 Å². The molecule has 1 fully saturated rings. The van der Waals surface area contributed by atoms with Gasteiger partial charge in [-0.1, -0.05) is 37.5 Å². The zero-order valence-electron chi connectivity index (χ0n) is 18.9. The molecule has 2 aromatic carbocycles. The van der Waals surface area contributed by atoms with E-state index >= 15 is 0 Å². The number of ether oxygens (including phenoxy) is 2. The van der Waals surface area contributed by atoms with Crippen LogP contribution in [0, 0.1) is 10.1 Å². The number of carbonyl (C=O) groups is 1. The smallest absolute Gasteiger partial charge is 0.286 e. The quantitative estimate of drug-likeness (QED) is 0.434. The van der Waals surface area contributed by atoms with Crippen molar-refractivity contribution in [3.63, 3.8) is 0 Å². The number of methoxy groups -OCH3 is 1. The van der Waals surface area contributed by atoms with Crippen LogP contribution in [0.4, 0.5) is 11.4 Å². The molecule has 0 unspecified atom stereocenters. The van der Waals surface area contributed by atoms with Gasteiger partial charge in [0, 0.05) is 24.3 Å². The highest BCUT2D eigenvalue weighted by molar-refractivity contribution is 6.08. The number of nitro groups is 1. The van der Waals surface area contributed by atoms with Crippen LogP contribution in [0.2, 0.25) is 0 Å². The summed E-state index contributed by atoms with van der Waals surface area (Å²) in [6.45, 7) is 2.78. The lowest BCUT2D eigenvalue weighted by atomic mass is 9.94. The number of benzene rings is 2. The molecule has 8 heteroatoms. The van der Waals surface area contributed by atoms with E-state index in [1.54, 1.807) is 6.92 Å². The van der Waals surface area contributed by atoms with Crippen LogP contribution in [0.25, 0.3) is 0 Å². The highest BCUT2D eigenvalue weighted by Gasteiger charge is 2.26. The third-order valence-electron chi connectivity index (χ3n) is 5.91. The predicted molar refractivity (Wildman–Crippen MR) is 124 cm³/mol.